The van der Waals surface area contributed by atoms with Crippen LogP contribution < -0.4 is 4.74 Å². The Morgan fingerprint density at radius 2 is 1.94 bits per heavy atom. The van der Waals surface area contributed by atoms with Crippen molar-refractivity contribution in [2.24, 2.45) is 0 Å². The van der Waals surface area contributed by atoms with Crippen LogP contribution in [0.1, 0.15) is 16.7 Å². The molecule has 90 valence electrons. The first-order valence-corrected chi connectivity index (χ1v) is 5.57. The van der Waals surface area contributed by atoms with E-state index in [-0.39, 0.29) is 17.9 Å². The van der Waals surface area contributed by atoms with Crippen LogP contribution >= 0.6 is 0 Å². The summed E-state index contributed by atoms with van der Waals surface area (Å²) < 4.78 is 19.1. The van der Waals surface area contributed by atoms with Gasteiger partial charge in [-0.3, -0.25) is 0 Å². The van der Waals surface area contributed by atoms with Crippen molar-refractivity contribution in [1.82, 2.24) is 0 Å². The number of hydrogen-bond acceptors (Lipinski definition) is 2. The zero-order valence-electron chi connectivity index (χ0n) is 9.98. The molecule has 0 heterocycles. The van der Waals surface area contributed by atoms with E-state index in [0.717, 1.165) is 5.56 Å². The highest BCUT2D eigenvalue weighted by atomic mass is 19.1. The van der Waals surface area contributed by atoms with Crippen LogP contribution in [0.4, 0.5) is 4.39 Å². The largest absolute Gasteiger partial charge is 0.484 e. The summed E-state index contributed by atoms with van der Waals surface area (Å²) in [5.74, 6) is -0.477. The third kappa shape index (κ3) is 2.67. The minimum atomic E-state index is -0.498. The van der Waals surface area contributed by atoms with Crippen LogP contribution in [0.3, 0.4) is 0 Å². The lowest BCUT2D eigenvalue weighted by molar-refractivity contribution is 0.289. The van der Waals surface area contributed by atoms with Gasteiger partial charge < -0.3 is 4.74 Å². The molecule has 0 unspecified atom stereocenters. The third-order valence-electron chi connectivity index (χ3n) is 2.53. The second kappa shape index (κ2) is 5.33. The van der Waals surface area contributed by atoms with Crippen molar-refractivity contribution in [1.29, 1.82) is 5.26 Å². The molecule has 0 aromatic heterocycles. The van der Waals surface area contributed by atoms with Gasteiger partial charge >= 0.3 is 0 Å². The molecule has 0 aliphatic rings. The predicted octanol–water partition coefficient (Wildman–Crippen LogP) is 3.58. The second-order valence-corrected chi connectivity index (χ2v) is 4.01. The lowest BCUT2D eigenvalue weighted by Crippen LogP contribution is -2.00. The maximum absolute atomic E-state index is 13.7. The molecule has 0 radical (unpaired) electrons. The minimum Gasteiger partial charge on any atom is -0.484 e. The van der Waals surface area contributed by atoms with Crippen molar-refractivity contribution in [3.63, 3.8) is 0 Å². The fourth-order valence-electron chi connectivity index (χ4n) is 1.69. The molecule has 0 saturated heterocycles. The topological polar surface area (TPSA) is 33.0 Å². The molecule has 0 fully saturated rings. The normalized spacial score (nSPS) is 9.83. The Kier molecular flexibility index (Phi) is 3.59. The number of aryl methyl sites for hydroxylation is 1. The fourth-order valence-corrected chi connectivity index (χ4v) is 1.69. The molecule has 0 spiro atoms. The predicted molar refractivity (Wildman–Crippen MR) is 66.6 cm³/mol. The number of benzene rings is 2. The van der Waals surface area contributed by atoms with E-state index >= 15 is 0 Å². The van der Waals surface area contributed by atoms with Crippen molar-refractivity contribution in [2.45, 2.75) is 13.5 Å². The average Bonchev–Trinajstić information content (AvgIpc) is 2.38. The van der Waals surface area contributed by atoms with Crippen molar-refractivity contribution in [2.75, 3.05) is 0 Å². The lowest BCUT2D eigenvalue weighted by Gasteiger charge is -2.09. The van der Waals surface area contributed by atoms with Crippen LogP contribution in [0.5, 0.6) is 5.75 Å². The summed E-state index contributed by atoms with van der Waals surface area (Å²) in [5, 5.41) is 8.97. The molecule has 0 saturated carbocycles. The van der Waals surface area contributed by atoms with Gasteiger partial charge in [0, 0.05) is 0 Å². The summed E-state index contributed by atoms with van der Waals surface area (Å²) in [6.45, 7) is 1.99. The number of nitriles is 1. The monoisotopic (exact) mass is 241 g/mol. The lowest BCUT2D eigenvalue weighted by atomic mass is 10.1. The first-order chi connectivity index (χ1) is 8.70. The number of rotatable bonds is 3. The molecule has 0 bridgehead atoms. The van der Waals surface area contributed by atoms with Crippen molar-refractivity contribution < 1.29 is 9.13 Å². The van der Waals surface area contributed by atoms with Crippen LogP contribution in [0.2, 0.25) is 0 Å². The summed E-state index contributed by atoms with van der Waals surface area (Å²) in [5.41, 5.74) is 1.86. The zero-order valence-corrected chi connectivity index (χ0v) is 9.98. The Hall–Kier alpha value is -2.34. The van der Waals surface area contributed by atoms with E-state index in [1.165, 1.54) is 6.07 Å². The molecule has 18 heavy (non-hydrogen) atoms. The molecule has 2 aromatic rings. The Morgan fingerprint density at radius 1 is 1.22 bits per heavy atom. The van der Waals surface area contributed by atoms with Crippen LogP contribution in [-0.2, 0) is 6.61 Å². The van der Waals surface area contributed by atoms with Crippen LogP contribution in [-0.4, -0.2) is 0 Å². The van der Waals surface area contributed by atoms with E-state index in [1.807, 2.05) is 36.4 Å². The smallest absolute Gasteiger partial charge is 0.173 e. The van der Waals surface area contributed by atoms with Gasteiger partial charge in [-0.05, 0) is 30.2 Å². The Balaban J connectivity index is 2.22. The molecule has 0 N–H and O–H groups in total. The van der Waals surface area contributed by atoms with Crippen LogP contribution in [0.25, 0.3) is 0 Å². The fraction of sp³-hybridized carbons (Fsp3) is 0.133. The van der Waals surface area contributed by atoms with Gasteiger partial charge in [-0.15, -0.1) is 0 Å². The van der Waals surface area contributed by atoms with Gasteiger partial charge in [-0.2, -0.15) is 5.26 Å². The summed E-state index contributed by atoms with van der Waals surface area (Å²) >= 11 is 0. The van der Waals surface area contributed by atoms with Crippen LogP contribution in [0, 0.1) is 24.1 Å². The Labute approximate surface area is 105 Å². The molecule has 0 amide bonds. The summed E-state index contributed by atoms with van der Waals surface area (Å²) in [6, 6.07) is 14.4. The molecule has 2 nitrogen and oxygen atoms in total. The second-order valence-electron chi connectivity index (χ2n) is 4.01. The van der Waals surface area contributed by atoms with E-state index in [4.69, 9.17) is 10.00 Å². The molecule has 0 atom stereocenters. The molecular formula is C15H12FNO. The number of halogens is 1. The zero-order chi connectivity index (χ0) is 13.0. The standard InChI is InChI=1S/C15H12FNO/c1-11-7-13(9-17)15(14(16)8-11)18-10-12-5-3-2-4-6-12/h2-8H,10H2,1H3. The van der Waals surface area contributed by atoms with Gasteiger partial charge in [-0.1, -0.05) is 30.3 Å². The summed E-state index contributed by atoms with van der Waals surface area (Å²) in [7, 11) is 0. The Bertz CT molecular complexity index is 587. The Morgan fingerprint density at radius 3 is 2.61 bits per heavy atom. The number of nitrogens with zero attached hydrogens (tertiary/aromatic N) is 1. The highest BCUT2D eigenvalue weighted by molar-refractivity contribution is 5.46. The third-order valence-corrected chi connectivity index (χ3v) is 2.53. The maximum Gasteiger partial charge on any atom is 0.173 e. The molecule has 0 aliphatic heterocycles. The quantitative estimate of drug-likeness (QED) is 0.822. The molecular weight excluding hydrogens is 229 g/mol. The van der Waals surface area contributed by atoms with E-state index in [1.54, 1.807) is 13.0 Å². The summed E-state index contributed by atoms with van der Waals surface area (Å²) in [4.78, 5) is 0. The first kappa shape index (κ1) is 12.1. The summed E-state index contributed by atoms with van der Waals surface area (Å²) in [6.07, 6.45) is 0. The molecule has 3 heteroatoms. The highest BCUT2D eigenvalue weighted by Gasteiger charge is 2.11. The minimum absolute atomic E-state index is 0.0203. The molecule has 2 aromatic carbocycles. The van der Waals surface area contributed by atoms with Gasteiger partial charge in [0.1, 0.15) is 12.7 Å². The number of hydrogen-bond donors (Lipinski definition) is 0. The van der Waals surface area contributed by atoms with Gasteiger partial charge in [0.2, 0.25) is 0 Å². The molecule has 0 aliphatic carbocycles. The van der Waals surface area contributed by atoms with Gasteiger partial charge in [-0.25, -0.2) is 4.39 Å². The van der Waals surface area contributed by atoms with Crippen molar-refractivity contribution in [3.05, 3.63) is 65.0 Å². The highest BCUT2D eigenvalue weighted by Crippen LogP contribution is 2.24. The van der Waals surface area contributed by atoms with Crippen molar-refractivity contribution in [3.8, 4) is 11.8 Å². The van der Waals surface area contributed by atoms with E-state index in [2.05, 4.69) is 0 Å². The number of ether oxygens (including phenoxy) is 1. The average molecular weight is 241 g/mol. The van der Waals surface area contributed by atoms with E-state index in [9.17, 15) is 4.39 Å². The SMILES string of the molecule is Cc1cc(F)c(OCc2ccccc2)c(C#N)c1. The molecule has 2 rings (SSSR count). The van der Waals surface area contributed by atoms with Gasteiger partial charge in [0.25, 0.3) is 0 Å². The van der Waals surface area contributed by atoms with Crippen molar-refractivity contribution >= 4 is 0 Å². The van der Waals surface area contributed by atoms with Crippen LogP contribution in [0.15, 0.2) is 42.5 Å². The first-order valence-electron chi connectivity index (χ1n) is 5.57. The van der Waals surface area contributed by atoms with Gasteiger partial charge in [0.05, 0.1) is 5.56 Å². The van der Waals surface area contributed by atoms with E-state index < -0.39 is 5.82 Å². The maximum atomic E-state index is 13.7. The van der Waals surface area contributed by atoms with E-state index in [0.29, 0.717) is 5.56 Å². The van der Waals surface area contributed by atoms with Gasteiger partial charge in [0.15, 0.2) is 11.6 Å².